The third-order valence-electron chi connectivity index (χ3n) is 0.325. The molecule has 5 heavy (non-hydrogen) atoms. The van der Waals surface area contributed by atoms with E-state index in [0.717, 1.165) is 0 Å². The predicted molar refractivity (Wildman–Crippen MR) is 37.9 cm³/mol. The topological polar surface area (TPSA) is 0 Å². The summed E-state index contributed by atoms with van der Waals surface area (Å²) in [5, 5.41) is 0. The van der Waals surface area contributed by atoms with E-state index in [0.29, 0.717) is 0 Å². The Morgan fingerprint density at radius 2 is 2.40 bits per heavy atom. The highest BCUT2D eigenvalue weighted by molar-refractivity contribution is 14.1. The Balaban J connectivity index is 2.62. The van der Waals surface area contributed by atoms with Gasteiger partial charge in [0, 0.05) is 10.2 Å². The van der Waals surface area contributed by atoms with Gasteiger partial charge in [-0.1, -0.05) is 28.7 Å². The molecule has 0 rings (SSSR count). The lowest BCUT2D eigenvalue weighted by Gasteiger charge is -1.63. The van der Waals surface area contributed by atoms with Crippen LogP contribution < -0.4 is 0 Å². The molecule has 0 heterocycles. The first-order valence-corrected chi connectivity index (χ1v) is 4.33. The largest absolute Gasteiger partial charge is 0.0820 e. The van der Waals surface area contributed by atoms with Crippen molar-refractivity contribution >= 4 is 32.8 Å². The summed E-state index contributed by atoms with van der Waals surface area (Å²) >= 11 is 2.23. The summed E-state index contributed by atoms with van der Waals surface area (Å²) in [5.41, 5.74) is 0. The summed E-state index contributed by atoms with van der Waals surface area (Å²) in [6.45, 7) is 0. The minimum Gasteiger partial charge on any atom is -0.0820 e. The highest BCUT2D eigenvalue weighted by Crippen LogP contribution is 1.83. The zero-order valence-electron chi connectivity index (χ0n) is 3.24. The molecule has 0 radical (unpaired) electrons. The normalized spacial score (nSPS) is 10.6. The van der Waals surface area contributed by atoms with Crippen LogP contribution in [-0.2, 0) is 0 Å². The van der Waals surface area contributed by atoms with Gasteiger partial charge in [0.05, 0.1) is 0 Å². The van der Waals surface area contributed by atoms with Gasteiger partial charge in [-0.25, -0.2) is 0 Å². The second kappa shape index (κ2) is 4.69. The van der Waals surface area contributed by atoms with Crippen LogP contribution in [0.3, 0.4) is 0 Å². The average Bonchev–Trinajstić information content (AvgIpc) is 1.41. The Bertz CT molecular complexity index is 33.9. The molecule has 30 valence electrons. The van der Waals surface area contributed by atoms with Crippen LogP contribution in [0.4, 0.5) is 0 Å². The molecular formula is C3H7ISi. The molecule has 0 aliphatic rings. The van der Waals surface area contributed by atoms with E-state index in [9.17, 15) is 0 Å². The van der Waals surface area contributed by atoms with E-state index in [-0.39, 0.29) is 0 Å². The van der Waals surface area contributed by atoms with Gasteiger partial charge >= 0.3 is 0 Å². The minimum atomic E-state index is 1.29. The van der Waals surface area contributed by atoms with Gasteiger partial charge in [-0.3, -0.25) is 0 Å². The van der Waals surface area contributed by atoms with Crippen LogP contribution in [0, 0.1) is 0 Å². The van der Waals surface area contributed by atoms with Crippen LogP contribution in [0.2, 0.25) is 6.04 Å². The first kappa shape index (κ1) is 5.69. The van der Waals surface area contributed by atoms with Crippen LogP contribution in [0.15, 0.2) is 10.2 Å². The molecular weight excluding hydrogens is 191 g/mol. The molecule has 0 spiro atoms. The summed E-state index contributed by atoms with van der Waals surface area (Å²) in [7, 11) is 1.31. The Morgan fingerprint density at radius 3 is 2.40 bits per heavy atom. The average molecular weight is 198 g/mol. The summed E-state index contributed by atoms with van der Waals surface area (Å²) in [6.07, 6.45) is 2.17. The molecule has 0 aromatic heterocycles. The first-order chi connectivity index (χ1) is 2.41. The maximum atomic E-state index is 2.23. The molecule has 0 aliphatic heterocycles. The van der Waals surface area contributed by atoms with Gasteiger partial charge in [0.2, 0.25) is 0 Å². The second-order valence-electron chi connectivity index (χ2n) is 0.770. The SMILES string of the molecule is [SiH3]CC=CI. The van der Waals surface area contributed by atoms with Crippen molar-refractivity contribution in [1.29, 1.82) is 0 Å². The van der Waals surface area contributed by atoms with Crippen LogP contribution >= 0.6 is 22.6 Å². The quantitative estimate of drug-likeness (QED) is 0.430. The molecule has 0 aliphatic carbocycles. The van der Waals surface area contributed by atoms with Crippen LogP contribution in [0.1, 0.15) is 0 Å². The Hall–Kier alpha value is 0.687. The van der Waals surface area contributed by atoms with E-state index in [4.69, 9.17) is 0 Å². The second-order valence-corrected chi connectivity index (χ2v) is 2.31. The summed E-state index contributed by atoms with van der Waals surface area (Å²) in [6, 6.07) is 1.29. The summed E-state index contributed by atoms with van der Waals surface area (Å²) < 4.78 is 2.06. The molecule has 0 saturated heterocycles. The van der Waals surface area contributed by atoms with Gasteiger partial charge in [-0.15, -0.1) is 0 Å². The van der Waals surface area contributed by atoms with Crippen molar-refractivity contribution in [3.63, 3.8) is 0 Å². The van der Waals surface area contributed by atoms with Gasteiger partial charge in [0.25, 0.3) is 0 Å². The van der Waals surface area contributed by atoms with Crippen LogP contribution in [0.5, 0.6) is 0 Å². The number of hydrogen-bond acceptors (Lipinski definition) is 0. The zero-order chi connectivity index (χ0) is 4.12. The number of hydrogen-bond donors (Lipinski definition) is 0. The maximum absolute atomic E-state index is 2.23. The van der Waals surface area contributed by atoms with Crippen molar-refractivity contribution in [1.82, 2.24) is 0 Å². The Kier molecular flexibility index (Phi) is 5.33. The number of halogens is 1. The Morgan fingerprint density at radius 1 is 1.80 bits per heavy atom. The van der Waals surface area contributed by atoms with E-state index in [1.807, 2.05) is 0 Å². The Labute approximate surface area is 49.2 Å². The van der Waals surface area contributed by atoms with E-state index in [2.05, 4.69) is 32.7 Å². The van der Waals surface area contributed by atoms with Crippen molar-refractivity contribution in [2.45, 2.75) is 6.04 Å². The van der Waals surface area contributed by atoms with Crippen molar-refractivity contribution in [3.05, 3.63) is 10.2 Å². The molecule has 0 bridgehead atoms. The lowest BCUT2D eigenvalue weighted by Crippen LogP contribution is -1.49. The van der Waals surface area contributed by atoms with E-state index >= 15 is 0 Å². The molecule has 0 nitrogen and oxygen atoms in total. The molecule has 0 N–H and O–H groups in total. The van der Waals surface area contributed by atoms with Gasteiger partial charge in [-0.05, 0) is 10.1 Å². The molecule has 0 unspecified atom stereocenters. The molecule has 0 fully saturated rings. The molecule has 0 aromatic carbocycles. The molecule has 0 saturated carbocycles. The molecule has 0 atom stereocenters. The lowest BCUT2D eigenvalue weighted by molar-refractivity contribution is 1.76. The highest BCUT2D eigenvalue weighted by atomic mass is 127. The van der Waals surface area contributed by atoms with Crippen molar-refractivity contribution < 1.29 is 0 Å². The van der Waals surface area contributed by atoms with Crippen LogP contribution in [0.25, 0.3) is 0 Å². The molecule has 2 heteroatoms. The zero-order valence-corrected chi connectivity index (χ0v) is 7.40. The summed E-state index contributed by atoms with van der Waals surface area (Å²) in [4.78, 5) is 0. The third-order valence-corrected chi connectivity index (χ3v) is 1.30. The fourth-order valence-corrected chi connectivity index (χ4v) is 1.79. The highest BCUT2D eigenvalue weighted by Gasteiger charge is 1.54. The summed E-state index contributed by atoms with van der Waals surface area (Å²) in [5.74, 6) is 0. The fraction of sp³-hybridized carbons (Fsp3) is 0.333. The number of allylic oxidation sites excluding steroid dienone is 1. The fourth-order valence-electron chi connectivity index (χ4n) is 0.0891. The predicted octanol–water partition coefficient (Wildman–Crippen LogP) is 0.719. The van der Waals surface area contributed by atoms with Gasteiger partial charge < -0.3 is 0 Å². The van der Waals surface area contributed by atoms with Crippen molar-refractivity contribution in [3.8, 4) is 0 Å². The van der Waals surface area contributed by atoms with Crippen molar-refractivity contribution in [2.75, 3.05) is 0 Å². The maximum Gasteiger partial charge on any atom is 0.00758 e. The lowest BCUT2D eigenvalue weighted by atomic mass is 10.8. The smallest absolute Gasteiger partial charge is 0.00758 e. The van der Waals surface area contributed by atoms with Crippen LogP contribution in [-0.4, -0.2) is 10.2 Å². The van der Waals surface area contributed by atoms with E-state index in [1.165, 1.54) is 16.3 Å². The van der Waals surface area contributed by atoms with E-state index < -0.39 is 0 Å². The minimum absolute atomic E-state index is 1.29. The monoisotopic (exact) mass is 198 g/mol. The number of rotatable bonds is 1. The van der Waals surface area contributed by atoms with Crippen molar-refractivity contribution in [2.24, 2.45) is 0 Å². The first-order valence-electron chi connectivity index (χ1n) is 1.67. The molecule has 0 aromatic rings. The molecule has 0 amide bonds. The van der Waals surface area contributed by atoms with Gasteiger partial charge in [0.15, 0.2) is 0 Å². The van der Waals surface area contributed by atoms with Gasteiger partial charge in [0.1, 0.15) is 0 Å². The standard InChI is InChI=1S/C3H7ISi/c4-2-1-3-5/h1-2H,3H2,5H3. The van der Waals surface area contributed by atoms with Gasteiger partial charge in [-0.2, -0.15) is 0 Å². The van der Waals surface area contributed by atoms with E-state index in [1.54, 1.807) is 0 Å². The third kappa shape index (κ3) is 4.69.